The Kier molecular flexibility index (Phi) is 14.5. The lowest BCUT2D eigenvalue weighted by Gasteiger charge is -2.58. The molecule has 1 aromatic rings. The zero-order chi connectivity index (χ0) is 44.7. The average molecular weight is 872 g/mol. The number of aliphatic hydroxyl groups excluding tert-OH is 4. The second-order valence-electron chi connectivity index (χ2n) is 19.8. The monoisotopic (exact) mass is 871 g/mol. The van der Waals surface area contributed by atoms with Crippen LogP contribution in [0.1, 0.15) is 99.3 Å². The Bertz CT molecular complexity index is 1770. The molecule has 0 spiro atoms. The number of amides is 1. The van der Waals surface area contributed by atoms with Gasteiger partial charge in [-0.3, -0.25) is 14.9 Å². The van der Waals surface area contributed by atoms with E-state index in [9.17, 15) is 34.8 Å². The standard InChI is InChI=1S/C47H69NO14/c1-24(2)8-15-34(51)25(3)38-37(21-33-31-14-9-27-20-29(50)16-18-46(27,5)32(31)17-19-47(33,38)6)60-44-42(59-26(4)49)40(36(53)23-58-44)61-43-41(39(54)35(52)22-57-43)62-45(55)48-28-10-12-30(56-7)13-11-28/h9-13,24-25,29,31-33,35-44,50,52-54H,8,14-23H2,1-7H3,(H,48,55)/t25-,29+,31-,32+,33+,35-,36+,37+,38+,39+,40+,41-,42-,43+,44?,46+,47+/m1/s1. The number of rotatable bonds is 13. The van der Waals surface area contributed by atoms with E-state index in [4.69, 9.17) is 33.2 Å². The van der Waals surface area contributed by atoms with Gasteiger partial charge in [0.15, 0.2) is 24.8 Å². The van der Waals surface area contributed by atoms with Crippen molar-refractivity contribution in [1.82, 2.24) is 0 Å². The third-order valence-electron chi connectivity index (χ3n) is 15.5. The van der Waals surface area contributed by atoms with Crippen molar-refractivity contribution in [2.75, 3.05) is 25.6 Å². The molecule has 6 aliphatic rings. The first kappa shape index (κ1) is 46.8. The largest absolute Gasteiger partial charge is 0.497 e. The number of fused-ring (bicyclic) bond motifs is 5. The predicted octanol–water partition coefficient (Wildman–Crippen LogP) is 5.30. The summed E-state index contributed by atoms with van der Waals surface area (Å²) in [5.74, 6) is 0.921. The van der Waals surface area contributed by atoms with Gasteiger partial charge in [-0.15, -0.1) is 0 Å². The van der Waals surface area contributed by atoms with Gasteiger partial charge in [0.25, 0.3) is 0 Å². The van der Waals surface area contributed by atoms with E-state index in [0.29, 0.717) is 42.0 Å². The van der Waals surface area contributed by atoms with E-state index < -0.39 is 67.4 Å². The van der Waals surface area contributed by atoms with Crippen LogP contribution in [-0.2, 0) is 38.0 Å². The first-order valence-electron chi connectivity index (χ1n) is 22.7. The zero-order valence-electron chi connectivity index (χ0n) is 37.3. The molecule has 15 nitrogen and oxygen atoms in total. The Balaban J connectivity index is 1.14. The summed E-state index contributed by atoms with van der Waals surface area (Å²) in [6.07, 6.45) is -3.66. The molecule has 4 aliphatic carbocycles. The molecule has 1 amide bonds. The van der Waals surface area contributed by atoms with Gasteiger partial charge in [-0.2, -0.15) is 0 Å². The third kappa shape index (κ3) is 9.47. The van der Waals surface area contributed by atoms with E-state index in [2.05, 4.69) is 39.1 Å². The van der Waals surface area contributed by atoms with E-state index in [0.717, 1.165) is 44.9 Å². The maximum atomic E-state index is 14.1. The van der Waals surface area contributed by atoms with Gasteiger partial charge >= 0.3 is 12.1 Å². The number of Topliss-reactive ketones (excluding diaryl/α,β-unsaturated/α-hetero) is 1. The SMILES string of the molecule is COc1ccc(NC(=O)O[C@H]2[C@H](O[C@H]3[C@@H](O)COC(O[C@H]4C[C@H]5[C@@H]6CC=C7C[C@@H](O)CC[C@]7(C)[C@H]6CC[C@]5(C)[C@H]4[C@H](C)C(=O)CCC(C)C)[C@@H]3OC(C)=O)OC[C@@H](O)[C@@H]2O)cc1. The van der Waals surface area contributed by atoms with Crippen molar-refractivity contribution in [3.05, 3.63) is 35.9 Å². The summed E-state index contributed by atoms with van der Waals surface area (Å²) in [6, 6.07) is 6.46. The maximum absolute atomic E-state index is 14.1. The van der Waals surface area contributed by atoms with Gasteiger partial charge < -0.3 is 53.6 Å². The molecule has 2 saturated heterocycles. The maximum Gasteiger partial charge on any atom is 0.412 e. The second kappa shape index (κ2) is 19.1. The van der Waals surface area contributed by atoms with E-state index in [1.54, 1.807) is 24.3 Å². The fourth-order valence-corrected chi connectivity index (χ4v) is 12.2. The average Bonchev–Trinajstić information content (AvgIpc) is 3.53. The molecule has 0 bridgehead atoms. The fourth-order valence-electron chi connectivity index (χ4n) is 12.2. The van der Waals surface area contributed by atoms with Crippen LogP contribution in [-0.4, -0.2) is 120 Å². The molecule has 346 valence electrons. The van der Waals surface area contributed by atoms with Crippen molar-refractivity contribution in [2.24, 2.45) is 46.3 Å². The van der Waals surface area contributed by atoms with Gasteiger partial charge in [-0.1, -0.05) is 46.3 Å². The summed E-state index contributed by atoms with van der Waals surface area (Å²) in [5, 5.41) is 46.2. The molecule has 7 rings (SSSR count). The van der Waals surface area contributed by atoms with Crippen molar-refractivity contribution in [3.63, 3.8) is 0 Å². The number of methoxy groups -OCH3 is 1. The Labute approximate surface area is 365 Å². The highest BCUT2D eigenvalue weighted by atomic mass is 16.7. The normalized spacial score (nSPS) is 40.9. The van der Waals surface area contributed by atoms with Gasteiger partial charge in [0, 0.05) is 30.9 Å². The second-order valence-corrected chi connectivity index (χ2v) is 19.8. The number of carbonyl (C=O) groups is 3. The number of nitrogens with one attached hydrogen (secondary N) is 1. The highest BCUT2D eigenvalue weighted by molar-refractivity contribution is 5.84. The summed E-state index contributed by atoms with van der Waals surface area (Å²) < 4.78 is 41.9. The molecule has 5 fully saturated rings. The van der Waals surface area contributed by atoms with E-state index in [1.807, 2.05) is 6.92 Å². The number of allylic oxidation sites excluding steroid dienone is 1. The summed E-state index contributed by atoms with van der Waals surface area (Å²) in [7, 11) is 1.51. The smallest absolute Gasteiger partial charge is 0.412 e. The molecule has 5 N–H and O–H groups in total. The molecule has 62 heavy (non-hydrogen) atoms. The van der Waals surface area contributed by atoms with Crippen LogP contribution in [0, 0.1) is 46.3 Å². The Hall–Kier alpha value is -3.15. The number of benzene rings is 1. The number of ether oxygens (including phenoxy) is 7. The van der Waals surface area contributed by atoms with Crippen LogP contribution in [0.5, 0.6) is 5.75 Å². The summed E-state index contributed by atoms with van der Waals surface area (Å²) in [4.78, 5) is 40.0. The van der Waals surface area contributed by atoms with Crippen LogP contribution in [0.25, 0.3) is 0 Å². The number of carbonyl (C=O) groups excluding carboxylic acids is 3. The van der Waals surface area contributed by atoms with Gasteiger partial charge in [0.05, 0.1) is 32.5 Å². The minimum atomic E-state index is -1.64. The van der Waals surface area contributed by atoms with E-state index in [-0.39, 0.29) is 53.7 Å². The van der Waals surface area contributed by atoms with Crippen LogP contribution in [0.2, 0.25) is 0 Å². The summed E-state index contributed by atoms with van der Waals surface area (Å²) in [5.41, 5.74) is 1.50. The van der Waals surface area contributed by atoms with E-state index >= 15 is 0 Å². The lowest BCUT2D eigenvalue weighted by molar-refractivity contribution is -0.340. The molecule has 2 heterocycles. The number of hydrogen-bond acceptors (Lipinski definition) is 14. The lowest BCUT2D eigenvalue weighted by atomic mass is 9.47. The molecule has 1 unspecified atom stereocenters. The van der Waals surface area contributed by atoms with Gasteiger partial charge in [-0.05, 0) is 110 Å². The number of ketones is 1. The predicted molar refractivity (Wildman–Crippen MR) is 225 cm³/mol. The van der Waals surface area contributed by atoms with Crippen LogP contribution < -0.4 is 10.1 Å². The van der Waals surface area contributed by atoms with Crippen molar-refractivity contribution in [3.8, 4) is 5.75 Å². The topological polar surface area (TPSA) is 209 Å². The molecule has 15 heteroatoms. The van der Waals surface area contributed by atoms with Crippen molar-refractivity contribution >= 4 is 23.5 Å². The Morgan fingerprint density at radius 2 is 1.56 bits per heavy atom. The summed E-state index contributed by atoms with van der Waals surface area (Å²) in [6.45, 7) is 11.5. The van der Waals surface area contributed by atoms with Crippen molar-refractivity contribution in [2.45, 2.75) is 161 Å². The van der Waals surface area contributed by atoms with Crippen LogP contribution in [0.4, 0.5) is 10.5 Å². The van der Waals surface area contributed by atoms with Crippen LogP contribution in [0.15, 0.2) is 35.9 Å². The van der Waals surface area contributed by atoms with Crippen LogP contribution >= 0.6 is 0 Å². The van der Waals surface area contributed by atoms with E-state index in [1.165, 1.54) is 19.6 Å². The summed E-state index contributed by atoms with van der Waals surface area (Å²) >= 11 is 0. The first-order valence-corrected chi connectivity index (χ1v) is 22.7. The molecular weight excluding hydrogens is 803 g/mol. The Morgan fingerprint density at radius 1 is 0.871 bits per heavy atom. The third-order valence-corrected chi connectivity index (χ3v) is 15.5. The molecule has 17 atom stereocenters. The highest BCUT2D eigenvalue weighted by Gasteiger charge is 2.64. The quantitative estimate of drug-likeness (QED) is 0.126. The molecule has 0 aromatic heterocycles. The van der Waals surface area contributed by atoms with Gasteiger partial charge in [-0.25, -0.2) is 4.79 Å². The molecule has 0 radical (unpaired) electrons. The number of esters is 1. The molecule has 1 aromatic carbocycles. The molecular formula is C47H69NO14. The van der Waals surface area contributed by atoms with Crippen molar-refractivity contribution in [1.29, 1.82) is 0 Å². The fraction of sp³-hybridized carbons (Fsp3) is 0.766. The van der Waals surface area contributed by atoms with Gasteiger partial charge in [0.2, 0.25) is 0 Å². The van der Waals surface area contributed by atoms with Crippen LogP contribution in [0.3, 0.4) is 0 Å². The minimum absolute atomic E-state index is 0.00691. The van der Waals surface area contributed by atoms with Crippen molar-refractivity contribution < 1.29 is 68.0 Å². The molecule has 3 saturated carbocycles. The number of aliphatic hydroxyl groups is 4. The number of hydrogen-bond donors (Lipinski definition) is 5. The Morgan fingerprint density at radius 3 is 2.24 bits per heavy atom. The first-order chi connectivity index (χ1) is 29.4. The highest BCUT2D eigenvalue weighted by Crippen LogP contribution is 2.68. The zero-order valence-corrected chi connectivity index (χ0v) is 37.3. The number of anilines is 1. The van der Waals surface area contributed by atoms with Gasteiger partial charge in [0.1, 0.15) is 35.9 Å². The minimum Gasteiger partial charge on any atom is -0.497 e. The molecule has 2 aliphatic heterocycles. The lowest BCUT2D eigenvalue weighted by Crippen LogP contribution is -2.62.